The zero-order chi connectivity index (χ0) is 13.8. The predicted molar refractivity (Wildman–Crippen MR) is 74.3 cm³/mol. The Labute approximate surface area is 113 Å². The molecule has 0 bridgehead atoms. The number of halogens is 1. The molecule has 4 heteroatoms. The van der Waals surface area contributed by atoms with Crippen LogP contribution in [0, 0.1) is 19.7 Å². The summed E-state index contributed by atoms with van der Waals surface area (Å²) in [5, 5.41) is 3.35. The van der Waals surface area contributed by atoms with E-state index in [1.54, 1.807) is 13.8 Å². The lowest BCUT2D eigenvalue weighted by Gasteiger charge is -2.09. The van der Waals surface area contributed by atoms with Gasteiger partial charge in [0, 0.05) is 25.5 Å². The Hall–Kier alpha value is -1.68. The number of nitrogens with zero attached hydrogens (tertiary/aromatic N) is 2. The monoisotopic (exact) mass is 261 g/mol. The first-order valence-electron chi connectivity index (χ1n) is 6.58. The van der Waals surface area contributed by atoms with E-state index in [2.05, 4.69) is 21.8 Å². The van der Waals surface area contributed by atoms with Crippen LogP contribution >= 0.6 is 0 Å². The molecule has 2 aromatic rings. The zero-order valence-corrected chi connectivity index (χ0v) is 11.7. The molecular weight excluding hydrogens is 241 g/mol. The second-order valence-corrected chi connectivity index (χ2v) is 4.78. The Kier molecular flexibility index (Phi) is 4.32. The van der Waals surface area contributed by atoms with E-state index in [1.165, 1.54) is 0 Å². The van der Waals surface area contributed by atoms with E-state index in [-0.39, 0.29) is 5.82 Å². The highest BCUT2D eigenvalue weighted by Gasteiger charge is 2.05. The first-order valence-corrected chi connectivity index (χ1v) is 6.58. The maximum absolute atomic E-state index is 13.5. The number of aromatic nitrogens is 2. The average Bonchev–Trinajstić information content (AvgIpc) is 2.83. The topological polar surface area (TPSA) is 29.9 Å². The van der Waals surface area contributed by atoms with E-state index < -0.39 is 0 Å². The number of nitrogens with one attached hydrogen (secondary N) is 1. The van der Waals surface area contributed by atoms with E-state index in [0.717, 1.165) is 31.0 Å². The Balaban J connectivity index is 1.96. The summed E-state index contributed by atoms with van der Waals surface area (Å²) in [6, 6.07) is 3.78. The maximum atomic E-state index is 13.5. The molecule has 1 N–H and O–H groups in total. The normalized spacial score (nSPS) is 10.9. The third-order valence-electron chi connectivity index (χ3n) is 3.25. The second-order valence-electron chi connectivity index (χ2n) is 4.78. The van der Waals surface area contributed by atoms with Crippen LogP contribution < -0.4 is 5.32 Å². The lowest BCUT2D eigenvalue weighted by atomic mass is 10.1. The number of hydrogen-bond acceptors (Lipinski definition) is 2. The highest BCUT2D eigenvalue weighted by atomic mass is 19.1. The van der Waals surface area contributed by atoms with Crippen molar-refractivity contribution in [1.82, 2.24) is 14.9 Å². The average molecular weight is 261 g/mol. The summed E-state index contributed by atoms with van der Waals surface area (Å²) in [4.78, 5) is 4.31. The van der Waals surface area contributed by atoms with E-state index in [1.807, 2.05) is 24.5 Å². The molecule has 0 aliphatic heterocycles. The van der Waals surface area contributed by atoms with Crippen molar-refractivity contribution in [1.29, 1.82) is 0 Å². The van der Waals surface area contributed by atoms with Gasteiger partial charge in [0.05, 0.1) is 6.54 Å². The minimum Gasteiger partial charge on any atom is -0.334 e. The third-order valence-corrected chi connectivity index (χ3v) is 3.25. The van der Waals surface area contributed by atoms with Crippen LogP contribution in [0.1, 0.15) is 29.4 Å². The number of hydrogen-bond donors (Lipinski definition) is 1. The summed E-state index contributed by atoms with van der Waals surface area (Å²) in [7, 11) is 0. The van der Waals surface area contributed by atoms with Gasteiger partial charge in [0.15, 0.2) is 0 Å². The molecule has 1 aromatic carbocycles. The van der Waals surface area contributed by atoms with Crippen LogP contribution in [0.4, 0.5) is 4.39 Å². The van der Waals surface area contributed by atoms with Crippen LogP contribution in [0.2, 0.25) is 0 Å². The SMILES string of the molecule is CCn1ccnc1CNCc1cc(C)c(F)c(C)c1. The fourth-order valence-electron chi connectivity index (χ4n) is 2.25. The van der Waals surface area contributed by atoms with Gasteiger partial charge in [-0.2, -0.15) is 0 Å². The molecule has 0 spiro atoms. The minimum absolute atomic E-state index is 0.106. The van der Waals surface area contributed by atoms with Crippen LogP contribution in [-0.4, -0.2) is 9.55 Å². The second kappa shape index (κ2) is 5.97. The largest absolute Gasteiger partial charge is 0.334 e. The summed E-state index contributed by atoms with van der Waals surface area (Å²) >= 11 is 0. The maximum Gasteiger partial charge on any atom is 0.129 e. The van der Waals surface area contributed by atoms with Gasteiger partial charge in [-0.15, -0.1) is 0 Å². The zero-order valence-electron chi connectivity index (χ0n) is 11.7. The molecule has 2 rings (SSSR count). The summed E-state index contributed by atoms with van der Waals surface area (Å²) in [5.41, 5.74) is 2.50. The van der Waals surface area contributed by atoms with E-state index in [4.69, 9.17) is 0 Å². The third kappa shape index (κ3) is 3.20. The van der Waals surface area contributed by atoms with Crippen molar-refractivity contribution in [3.8, 4) is 0 Å². The Bertz CT molecular complexity index is 537. The molecule has 102 valence electrons. The van der Waals surface area contributed by atoms with E-state index in [0.29, 0.717) is 11.1 Å². The molecule has 0 radical (unpaired) electrons. The molecule has 0 unspecified atom stereocenters. The Morgan fingerprint density at radius 2 is 1.89 bits per heavy atom. The quantitative estimate of drug-likeness (QED) is 0.896. The van der Waals surface area contributed by atoms with Crippen molar-refractivity contribution in [3.63, 3.8) is 0 Å². The van der Waals surface area contributed by atoms with Crippen LogP contribution in [0.15, 0.2) is 24.5 Å². The van der Waals surface area contributed by atoms with Crippen molar-refractivity contribution in [2.75, 3.05) is 0 Å². The fourth-order valence-corrected chi connectivity index (χ4v) is 2.25. The van der Waals surface area contributed by atoms with Gasteiger partial charge >= 0.3 is 0 Å². The lowest BCUT2D eigenvalue weighted by Crippen LogP contribution is -2.16. The highest BCUT2D eigenvalue weighted by Crippen LogP contribution is 2.14. The molecule has 0 aliphatic rings. The van der Waals surface area contributed by atoms with Crippen molar-refractivity contribution in [2.24, 2.45) is 0 Å². The van der Waals surface area contributed by atoms with E-state index >= 15 is 0 Å². The summed E-state index contributed by atoms with van der Waals surface area (Å²) in [6.07, 6.45) is 3.79. The number of aryl methyl sites for hydroxylation is 3. The van der Waals surface area contributed by atoms with E-state index in [9.17, 15) is 4.39 Å². The first-order chi connectivity index (χ1) is 9.11. The van der Waals surface area contributed by atoms with Gasteiger partial charge in [-0.05, 0) is 37.5 Å². The molecule has 0 amide bonds. The number of benzene rings is 1. The van der Waals surface area contributed by atoms with Gasteiger partial charge in [-0.25, -0.2) is 9.37 Å². The van der Waals surface area contributed by atoms with Crippen molar-refractivity contribution in [2.45, 2.75) is 40.4 Å². The minimum atomic E-state index is -0.106. The van der Waals surface area contributed by atoms with Crippen LogP contribution in [0.25, 0.3) is 0 Å². The van der Waals surface area contributed by atoms with Gasteiger partial charge < -0.3 is 9.88 Å². The Morgan fingerprint density at radius 1 is 1.21 bits per heavy atom. The molecule has 1 aromatic heterocycles. The Morgan fingerprint density at radius 3 is 2.53 bits per heavy atom. The molecular formula is C15H20FN3. The lowest BCUT2D eigenvalue weighted by molar-refractivity contribution is 0.599. The van der Waals surface area contributed by atoms with Gasteiger partial charge in [0.25, 0.3) is 0 Å². The number of imidazole rings is 1. The standard InChI is InChI=1S/C15H20FN3/c1-4-19-6-5-18-14(19)10-17-9-13-7-11(2)15(16)12(3)8-13/h5-8,17H,4,9-10H2,1-3H3. The van der Waals surface area contributed by atoms with Crippen LogP contribution in [0.3, 0.4) is 0 Å². The predicted octanol–water partition coefficient (Wildman–Crippen LogP) is 2.95. The molecule has 0 saturated carbocycles. The smallest absolute Gasteiger partial charge is 0.129 e. The number of rotatable bonds is 5. The van der Waals surface area contributed by atoms with Gasteiger partial charge in [-0.3, -0.25) is 0 Å². The molecule has 0 aliphatic carbocycles. The molecule has 0 fully saturated rings. The van der Waals surface area contributed by atoms with Gasteiger partial charge in [0.2, 0.25) is 0 Å². The first kappa shape index (κ1) is 13.7. The van der Waals surface area contributed by atoms with Gasteiger partial charge in [0.1, 0.15) is 11.6 Å². The summed E-state index contributed by atoms with van der Waals surface area (Å²) in [6.45, 7) is 8.06. The molecule has 19 heavy (non-hydrogen) atoms. The molecule has 0 saturated heterocycles. The van der Waals surface area contributed by atoms with Crippen molar-refractivity contribution < 1.29 is 4.39 Å². The van der Waals surface area contributed by atoms with Crippen molar-refractivity contribution >= 4 is 0 Å². The van der Waals surface area contributed by atoms with Crippen molar-refractivity contribution in [3.05, 3.63) is 52.9 Å². The molecule has 0 atom stereocenters. The highest BCUT2D eigenvalue weighted by molar-refractivity contribution is 5.30. The molecule has 3 nitrogen and oxygen atoms in total. The van der Waals surface area contributed by atoms with Crippen LogP contribution in [-0.2, 0) is 19.6 Å². The fraction of sp³-hybridized carbons (Fsp3) is 0.400. The summed E-state index contributed by atoms with van der Waals surface area (Å²) in [5.74, 6) is 0.920. The van der Waals surface area contributed by atoms with Gasteiger partial charge in [-0.1, -0.05) is 12.1 Å². The van der Waals surface area contributed by atoms with Crippen LogP contribution in [0.5, 0.6) is 0 Å². The summed E-state index contributed by atoms with van der Waals surface area (Å²) < 4.78 is 15.6. The molecule has 1 heterocycles.